The molecule has 0 saturated heterocycles. The van der Waals surface area contributed by atoms with Crippen LogP contribution in [0.5, 0.6) is 5.75 Å². The Labute approximate surface area is 116 Å². The molecule has 0 heterocycles. The molecule has 0 unspecified atom stereocenters. The van der Waals surface area contributed by atoms with Crippen molar-refractivity contribution in [3.63, 3.8) is 0 Å². The van der Waals surface area contributed by atoms with Crippen LogP contribution >= 0.6 is 0 Å². The van der Waals surface area contributed by atoms with E-state index in [-0.39, 0.29) is 5.91 Å². The molecule has 1 aromatic carbocycles. The molecule has 106 valence electrons. The molecule has 3 nitrogen and oxygen atoms in total. The van der Waals surface area contributed by atoms with Gasteiger partial charge in [-0.1, -0.05) is 19.4 Å². The highest BCUT2D eigenvalue weighted by Crippen LogP contribution is 2.18. The van der Waals surface area contributed by atoms with Gasteiger partial charge in [-0.05, 0) is 49.4 Å². The summed E-state index contributed by atoms with van der Waals surface area (Å²) in [5.41, 5.74) is 2.52. The van der Waals surface area contributed by atoms with Crippen LogP contribution in [-0.2, 0) is 11.2 Å². The second-order valence-electron chi connectivity index (χ2n) is 4.85. The highest BCUT2D eigenvalue weighted by molar-refractivity contribution is 5.75. The van der Waals surface area contributed by atoms with E-state index in [1.54, 1.807) is 7.11 Å². The zero-order chi connectivity index (χ0) is 14.1. The Morgan fingerprint density at radius 2 is 2.11 bits per heavy atom. The van der Waals surface area contributed by atoms with Crippen molar-refractivity contribution in [1.82, 2.24) is 5.32 Å². The Hall–Kier alpha value is -1.51. The minimum Gasteiger partial charge on any atom is -0.497 e. The minimum absolute atomic E-state index is 0.166. The van der Waals surface area contributed by atoms with Gasteiger partial charge >= 0.3 is 0 Å². The third-order valence-electron chi connectivity index (χ3n) is 3.25. The fourth-order valence-electron chi connectivity index (χ4n) is 2.01. The van der Waals surface area contributed by atoms with Crippen LogP contribution in [0.4, 0.5) is 0 Å². The molecule has 0 aliphatic rings. The number of carbonyl (C=O) groups excluding carboxylic acids is 1. The van der Waals surface area contributed by atoms with Crippen molar-refractivity contribution >= 4 is 5.91 Å². The number of methoxy groups -OCH3 is 1. The summed E-state index contributed by atoms with van der Waals surface area (Å²) in [4.78, 5) is 11.6. The van der Waals surface area contributed by atoms with Crippen molar-refractivity contribution in [3.05, 3.63) is 29.3 Å². The van der Waals surface area contributed by atoms with E-state index in [1.165, 1.54) is 11.1 Å². The maximum atomic E-state index is 11.6. The number of hydrogen-bond donors (Lipinski definition) is 1. The first-order chi connectivity index (χ1) is 9.17. The predicted molar refractivity (Wildman–Crippen MR) is 78.6 cm³/mol. The number of aryl methyl sites for hydroxylation is 2. The van der Waals surface area contributed by atoms with Crippen LogP contribution in [0.1, 0.15) is 43.7 Å². The molecule has 1 rings (SSSR count). The lowest BCUT2D eigenvalue weighted by molar-refractivity contribution is -0.121. The molecule has 19 heavy (non-hydrogen) atoms. The van der Waals surface area contributed by atoms with E-state index in [2.05, 4.69) is 25.2 Å². The zero-order valence-corrected chi connectivity index (χ0v) is 12.3. The number of rotatable bonds is 8. The third-order valence-corrected chi connectivity index (χ3v) is 3.25. The maximum Gasteiger partial charge on any atom is 0.220 e. The smallest absolute Gasteiger partial charge is 0.220 e. The van der Waals surface area contributed by atoms with Gasteiger partial charge in [-0.25, -0.2) is 0 Å². The maximum absolute atomic E-state index is 11.6. The average Bonchev–Trinajstić information content (AvgIpc) is 2.41. The van der Waals surface area contributed by atoms with E-state index in [4.69, 9.17) is 4.74 Å². The molecule has 0 aliphatic carbocycles. The minimum atomic E-state index is 0.166. The molecule has 1 aromatic rings. The van der Waals surface area contributed by atoms with Crippen molar-refractivity contribution in [2.75, 3.05) is 13.7 Å². The van der Waals surface area contributed by atoms with Gasteiger partial charge in [0.15, 0.2) is 0 Å². The van der Waals surface area contributed by atoms with Crippen molar-refractivity contribution in [2.24, 2.45) is 0 Å². The van der Waals surface area contributed by atoms with E-state index in [0.717, 1.165) is 38.0 Å². The third kappa shape index (κ3) is 5.77. The lowest BCUT2D eigenvalue weighted by atomic mass is 10.0. The Morgan fingerprint density at radius 1 is 1.32 bits per heavy atom. The first-order valence-corrected chi connectivity index (χ1v) is 7.07. The number of amides is 1. The summed E-state index contributed by atoms with van der Waals surface area (Å²) < 4.78 is 5.18. The van der Waals surface area contributed by atoms with E-state index < -0.39 is 0 Å². The van der Waals surface area contributed by atoms with Gasteiger partial charge in [0.2, 0.25) is 5.91 Å². The van der Waals surface area contributed by atoms with Crippen LogP contribution in [0.2, 0.25) is 0 Å². The summed E-state index contributed by atoms with van der Waals surface area (Å²) in [6.45, 7) is 5.01. The van der Waals surface area contributed by atoms with Gasteiger partial charge < -0.3 is 10.1 Å². The SMILES string of the molecule is CCCCNC(=O)CCCc1ccc(OC)cc1C. The van der Waals surface area contributed by atoms with E-state index in [0.29, 0.717) is 6.42 Å². The number of ether oxygens (including phenoxy) is 1. The van der Waals surface area contributed by atoms with Crippen LogP contribution < -0.4 is 10.1 Å². The molecular weight excluding hydrogens is 238 g/mol. The van der Waals surface area contributed by atoms with Gasteiger partial charge in [-0.2, -0.15) is 0 Å². The highest BCUT2D eigenvalue weighted by atomic mass is 16.5. The quantitative estimate of drug-likeness (QED) is 0.731. The van der Waals surface area contributed by atoms with Crippen molar-refractivity contribution in [1.29, 1.82) is 0 Å². The molecule has 1 N–H and O–H groups in total. The molecule has 1 amide bonds. The number of carbonyl (C=O) groups is 1. The molecule has 0 radical (unpaired) electrons. The molecule has 0 atom stereocenters. The normalized spacial score (nSPS) is 10.3. The first kappa shape index (κ1) is 15.5. The van der Waals surface area contributed by atoms with E-state index in [1.807, 2.05) is 12.1 Å². The van der Waals surface area contributed by atoms with Gasteiger partial charge in [0.1, 0.15) is 5.75 Å². The van der Waals surface area contributed by atoms with Gasteiger partial charge in [0.05, 0.1) is 7.11 Å². The summed E-state index contributed by atoms with van der Waals surface area (Å²) in [5, 5.41) is 2.94. The van der Waals surface area contributed by atoms with Crippen molar-refractivity contribution < 1.29 is 9.53 Å². The van der Waals surface area contributed by atoms with Gasteiger partial charge in [0, 0.05) is 13.0 Å². The second kappa shape index (κ2) is 8.57. The number of unbranched alkanes of at least 4 members (excludes halogenated alkanes) is 1. The monoisotopic (exact) mass is 263 g/mol. The van der Waals surface area contributed by atoms with E-state index in [9.17, 15) is 4.79 Å². The highest BCUT2D eigenvalue weighted by Gasteiger charge is 2.03. The molecule has 0 fully saturated rings. The predicted octanol–water partition coefficient (Wildman–Crippen LogP) is 3.24. The molecule has 0 saturated carbocycles. The molecule has 0 aromatic heterocycles. The lowest BCUT2D eigenvalue weighted by Crippen LogP contribution is -2.24. The first-order valence-electron chi connectivity index (χ1n) is 7.07. The summed E-state index contributed by atoms with van der Waals surface area (Å²) in [5.74, 6) is 1.05. The van der Waals surface area contributed by atoms with E-state index >= 15 is 0 Å². The number of nitrogens with one attached hydrogen (secondary N) is 1. The standard InChI is InChI=1S/C16H25NO2/c1-4-5-11-17-16(18)8-6-7-14-9-10-15(19-3)12-13(14)2/h9-10,12H,4-8,11H2,1-3H3,(H,17,18). The number of benzene rings is 1. The summed E-state index contributed by atoms with van der Waals surface area (Å²) in [6.07, 6.45) is 4.62. The molecule has 0 aliphatic heterocycles. The summed E-state index contributed by atoms with van der Waals surface area (Å²) in [7, 11) is 1.68. The fraction of sp³-hybridized carbons (Fsp3) is 0.562. The lowest BCUT2D eigenvalue weighted by Gasteiger charge is -2.08. The van der Waals surface area contributed by atoms with Crippen LogP contribution in [-0.4, -0.2) is 19.6 Å². The van der Waals surface area contributed by atoms with Crippen LogP contribution in [0.15, 0.2) is 18.2 Å². The van der Waals surface area contributed by atoms with Crippen LogP contribution in [0, 0.1) is 6.92 Å². The topological polar surface area (TPSA) is 38.3 Å². The molecule has 3 heteroatoms. The van der Waals surface area contributed by atoms with Crippen LogP contribution in [0.3, 0.4) is 0 Å². The molecular formula is C16H25NO2. The average molecular weight is 263 g/mol. The zero-order valence-electron chi connectivity index (χ0n) is 12.3. The Bertz CT molecular complexity index is 402. The van der Waals surface area contributed by atoms with Gasteiger partial charge in [0.25, 0.3) is 0 Å². The second-order valence-corrected chi connectivity index (χ2v) is 4.85. The molecule has 0 bridgehead atoms. The largest absolute Gasteiger partial charge is 0.497 e. The summed E-state index contributed by atoms with van der Waals surface area (Å²) in [6, 6.07) is 6.10. The van der Waals surface area contributed by atoms with Gasteiger partial charge in [-0.15, -0.1) is 0 Å². The Balaban J connectivity index is 2.31. The fourth-order valence-corrected chi connectivity index (χ4v) is 2.01. The van der Waals surface area contributed by atoms with Crippen molar-refractivity contribution in [2.45, 2.75) is 46.0 Å². The number of hydrogen-bond acceptors (Lipinski definition) is 2. The van der Waals surface area contributed by atoms with Crippen molar-refractivity contribution in [3.8, 4) is 5.75 Å². The Kier molecular flexibility index (Phi) is 7.01. The van der Waals surface area contributed by atoms with Crippen LogP contribution in [0.25, 0.3) is 0 Å². The van der Waals surface area contributed by atoms with Gasteiger partial charge in [-0.3, -0.25) is 4.79 Å². The molecule has 0 spiro atoms. The Morgan fingerprint density at radius 3 is 2.74 bits per heavy atom. The summed E-state index contributed by atoms with van der Waals surface area (Å²) >= 11 is 0.